The Morgan fingerprint density at radius 2 is 2.05 bits per heavy atom. The van der Waals surface area contributed by atoms with Crippen LogP contribution in [0.25, 0.3) is 11.4 Å². The first-order chi connectivity index (χ1) is 9.85. The van der Waals surface area contributed by atoms with E-state index in [0.29, 0.717) is 5.82 Å². The molecule has 100 valence electrons. The maximum Gasteiger partial charge on any atom is 0.188 e. The van der Waals surface area contributed by atoms with Gasteiger partial charge in [0, 0.05) is 17.8 Å². The summed E-state index contributed by atoms with van der Waals surface area (Å²) in [6, 6.07) is 9.29. The van der Waals surface area contributed by atoms with Crippen LogP contribution in [0.1, 0.15) is 5.56 Å². The standard InChI is InChI=1S/C14H12N4OS/c19-8-10-4-6-16-13(7-10)18-14-17-12(9-20-14)11-3-1-2-5-15-11/h1-7,9,19H,8H2,(H,16,17,18). The Hall–Kier alpha value is -2.31. The second-order valence-corrected chi connectivity index (χ2v) is 4.94. The second-order valence-electron chi connectivity index (χ2n) is 4.09. The van der Waals surface area contributed by atoms with E-state index in [1.165, 1.54) is 11.3 Å². The fourth-order valence-electron chi connectivity index (χ4n) is 1.71. The van der Waals surface area contributed by atoms with Gasteiger partial charge in [-0.15, -0.1) is 11.3 Å². The second kappa shape index (κ2) is 5.77. The molecular formula is C14H12N4OS. The van der Waals surface area contributed by atoms with Gasteiger partial charge in [0.25, 0.3) is 0 Å². The summed E-state index contributed by atoms with van der Waals surface area (Å²) in [5.41, 5.74) is 2.48. The monoisotopic (exact) mass is 284 g/mol. The number of nitrogens with zero attached hydrogens (tertiary/aromatic N) is 3. The molecule has 20 heavy (non-hydrogen) atoms. The van der Waals surface area contributed by atoms with Gasteiger partial charge in [0.15, 0.2) is 5.13 Å². The molecule has 0 spiro atoms. The summed E-state index contributed by atoms with van der Waals surface area (Å²) in [6.07, 6.45) is 3.40. The molecule has 3 rings (SSSR count). The van der Waals surface area contributed by atoms with Crippen LogP contribution in [0.2, 0.25) is 0 Å². The van der Waals surface area contributed by atoms with E-state index in [0.717, 1.165) is 22.1 Å². The molecule has 0 radical (unpaired) electrons. The Labute approximate surface area is 120 Å². The van der Waals surface area contributed by atoms with E-state index >= 15 is 0 Å². The normalized spacial score (nSPS) is 10.4. The van der Waals surface area contributed by atoms with E-state index in [4.69, 9.17) is 5.11 Å². The molecule has 3 aromatic heterocycles. The number of anilines is 2. The molecule has 0 unspecified atom stereocenters. The van der Waals surface area contributed by atoms with Crippen molar-refractivity contribution in [2.75, 3.05) is 5.32 Å². The van der Waals surface area contributed by atoms with Gasteiger partial charge in [0.05, 0.1) is 12.3 Å². The summed E-state index contributed by atoms with van der Waals surface area (Å²) < 4.78 is 0. The van der Waals surface area contributed by atoms with Crippen LogP contribution < -0.4 is 5.32 Å². The van der Waals surface area contributed by atoms with Crippen molar-refractivity contribution < 1.29 is 5.11 Å². The van der Waals surface area contributed by atoms with Gasteiger partial charge in [0.2, 0.25) is 0 Å². The van der Waals surface area contributed by atoms with Gasteiger partial charge >= 0.3 is 0 Å². The topological polar surface area (TPSA) is 70.9 Å². The van der Waals surface area contributed by atoms with E-state index in [-0.39, 0.29) is 6.61 Å². The molecule has 6 heteroatoms. The summed E-state index contributed by atoms with van der Waals surface area (Å²) in [5, 5.41) is 14.9. The molecule has 0 aliphatic carbocycles. The van der Waals surface area contributed by atoms with Crippen LogP contribution in [0.4, 0.5) is 10.9 Å². The van der Waals surface area contributed by atoms with Crippen LogP contribution in [-0.4, -0.2) is 20.1 Å². The van der Waals surface area contributed by atoms with Crippen molar-refractivity contribution >= 4 is 22.3 Å². The van der Waals surface area contributed by atoms with Gasteiger partial charge < -0.3 is 10.4 Å². The average molecular weight is 284 g/mol. The zero-order valence-corrected chi connectivity index (χ0v) is 11.3. The summed E-state index contributed by atoms with van der Waals surface area (Å²) in [6.45, 7) is -0.00570. The molecule has 3 heterocycles. The molecule has 0 bridgehead atoms. The first-order valence-electron chi connectivity index (χ1n) is 6.05. The third-order valence-corrected chi connectivity index (χ3v) is 3.43. The van der Waals surface area contributed by atoms with E-state index < -0.39 is 0 Å². The fraction of sp³-hybridized carbons (Fsp3) is 0.0714. The van der Waals surface area contributed by atoms with E-state index in [1.807, 2.05) is 23.6 Å². The fourth-order valence-corrected chi connectivity index (χ4v) is 2.42. The van der Waals surface area contributed by atoms with Crippen molar-refractivity contribution in [1.82, 2.24) is 15.0 Å². The quantitative estimate of drug-likeness (QED) is 0.771. The molecule has 5 nitrogen and oxygen atoms in total. The number of hydrogen-bond acceptors (Lipinski definition) is 6. The summed E-state index contributed by atoms with van der Waals surface area (Å²) in [4.78, 5) is 12.9. The van der Waals surface area contributed by atoms with Crippen molar-refractivity contribution in [3.05, 3.63) is 53.7 Å². The Kier molecular flexibility index (Phi) is 3.67. The Morgan fingerprint density at radius 1 is 1.10 bits per heavy atom. The third kappa shape index (κ3) is 2.81. The molecule has 0 fully saturated rings. The highest BCUT2D eigenvalue weighted by atomic mass is 32.1. The molecular weight excluding hydrogens is 272 g/mol. The van der Waals surface area contributed by atoms with Crippen LogP contribution in [0.3, 0.4) is 0 Å². The van der Waals surface area contributed by atoms with E-state index in [1.54, 1.807) is 24.5 Å². The lowest BCUT2D eigenvalue weighted by Gasteiger charge is -2.02. The maximum atomic E-state index is 9.10. The highest BCUT2D eigenvalue weighted by molar-refractivity contribution is 7.14. The minimum absolute atomic E-state index is 0.00570. The van der Waals surface area contributed by atoms with E-state index in [2.05, 4.69) is 20.3 Å². The molecule has 0 amide bonds. The average Bonchev–Trinajstić information content (AvgIpc) is 2.97. The third-order valence-electron chi connectivity index (χ3n) is 2.67. The van der Waals surface area contributed by atoms with Gasteiger partial charge in [-0.25, -0.2) is 9.97 Å². The van der Waals surface area contributed by atoms with Crippen molar-refractivity contribution in [3.8, 4) is 11.4 Å². The van der Waals surface area contributed by atoms with Crippen LogP contribution >= 0.6 is 11.3 Å². The molecule has 0 saturated carbocycles. The van der Waals surface area contributed by atoms with Crippen molar-refractivity contribution in [2.24, 2.45) is 0 Å². The zero-order chi connectivity index (χ0) is 13.8. The molecule has 0 aliphatic rings. The number of pyridine rings is 2. The van der Waals surface area contributed by atoms with Crippen molar-refractivity contribution in [2.45, 2.75) is 6.61 Å². The first kappa shape index (κ1) is 12.7. The number of aliphatic hydroxyl groups is 1. The lowest BCUT2D eigenvalue weighted by atomic mass is 10.3. The van der Waals surface area contributed by atoms with Crippen LogP contribution in [0, 0.1) is 0 Å². The van der Waals surface area contributed by atoms with E-state index in [9.17, 15) is 0 Å². The number of aromatic nitrogens is 3. The van der Waals surface area contributed by atoms with Crippen LogP contribution in [0.15, 0.2) is 48.1 Å². The largest absolute Gasteiger partial charge is 0.392 e. The smallest absolute Gasteiger partial charge is 0.188 e. The number of hydrogen-bond donors (Lipinski definition) is 2. The summed E-state index contributed by atoms with van der Waals surface area (Å²) in [7, 11) is 0. The number of thiazole rings is 1. The number of rotatable bonds is 4. The minimum atomic E-state index is -0.00570. The van der Waals surface area contributed by atoms with Gasteiger partial charge in [-0.1, -0.05) is 6.07 Å². The van der Waals surface area contributed by atoms with Gasteiger partial charge in [-0.2, -0.15) is 0 Å². The molecule has 0 aromatic carbocycles. The predicted molar refractivity (Wildman–Crippen MR) is 78.8 cm³/mol. The summed E-state index contributed by atoms with van der Waals surface area (Å²) in [5.74, 6) is 0.665. The van der Waals surface area contributed by atoms with Crippen LogP contribution in [0.5, 0.6) is 0 Å². The highest BCUT2D eigenvalue weighted by Crippen LogP contribution is 2.25. The lowest BCUT2D eigenvalue weighted by Crippen LogP contribution is -1.94. The molecule has 2 N–H and O–H groups in total. The molecule has 0 saturated heterocycles. The first-order valence-corrected chi connectivity index (χ1v) is 6.93. The zero-order valence-electron chi connectivity index (χ0n) is 10.5. The van der Waals surface area contributed by atoms with Gasteiger partial charge in [-0.05, 0) is 29.8 Å². The van der Waals surface area contributed by atoms with Crippen molar-refractivity contribution in [3.63, 3.8) is 0 Å². The number of nitrogens with one attached hydrogen (secondary N) is 1. The highest BCUT2D eigenvalue weighted by Gasteiger charge is 2.06. The molecule has 0 aliphatic heterocycles. The Bertz CT molecular complexity index is 699. The molecule has 3 aromatic rings. The molecule has 0 atom stereocenters. The summed E-state index contributed by atoms with van der Waals surface area (Å²) >= 11 is 1.49. The maximum absolute atomic E-state index is 9.10. The predicted octanol–water partition coefficient (Wildman–Crippen LogP) is 2.84. The van der Waals surface area contributed by atoms with Gasteiger partial charge in [-0.3, -0.25) is 4.98 Å². The Balaban J connectivity index is 1.80. The lowest BCUT2D eigenvalue weighted by molar-refractivity contribution is 0.282. The van der Waals surface area contributed by atoms with Gasteiger partial charge in [0.1, 0.15) is 11.5 Å². The Morgan fingerprint density at radius 3 is 2.85 bits per heavy atom. The van der Waals surface area contributed by atoms with Crippen LogP contribution in [-0.2, 0) is 6.61 Å². The van der Waals surface area contributed by atoms with Crippen molar-refractivity contribution in [1.29, 1.82) is 0 Å². The number of aliphatic hydroxyl groups excluding tert-OH is 1. The SMILES string of the molecule is OCc1ccnc(Nc2nc(-c3ccccn3)cs2)c1. The minimum Gasteiger partial charge on any atom is -0.392 e.